The van der Waals surface area contributed by atoms with Gasteiger partial charge in [0.15, 0.2) is 0 Å². The Labute approximate surface area is 107 Å². The maximum Gasteiger partial charge on any atom is 0.241 e. The normalized spacial score (nSPS) is 18.6. The van der Waals surface area contributed by atoms with Crippen LogP contribution in [-0.2, 0) is 11.3 Å². The largest absolute Gasteiger partial charge is 0.382 e. The number of anilines is 1. The Morgan fingerprint density at radius 2 is 2.44 bits per heavy atom. The number of hydrogen-bond acceptors (Lipinski definition) is 3. The zero-order valence-corrected chi connectivity index (χ0v) is 10.7. The average Bonchev–Trinajstić information content (AvgIpc) is 2.85. The van der Waals surface area contributed by atoms with Crippen molar-refractivity contribution in [3.05, 3.63) is 24.5 Å². The van der Waals surface area contributed by atoms with E-state index in [1.54, 1.807) is 17.9 Å². The minimum absolute atomic E-state index is 0.0398. The molecule has 5 heteroatoms. The number of aromatic nitrogens is 2. The lowest BCUT2D eigenvalue weighted by atomic mass is 9.94. The highest BCUT2D eigenvalue weighted by Crippen LogP contribution is 2.18. The van der Waals surface area contributed by atoms with Crippen LogP contribution < -0.4 is 10.6 Å². The Balaban J connectivity index is 1.79. The summed E-state index contributed by atoms with van der Waals surface area (Å²) in [5.74, 6) is 0.666. The molecule has 98 valence electrons. The van der Waals surface area contributed by atoms with Gasteiger partial charge in [0.1, 0.15) is 6.54 Å². The first-order chi connectivity index (χ1) is 8.78. The number of carbonyl (C=O) groups is 1. The Morgan fingerprint density at radius 3 is 3.17 bits per heavy atom. The van der Waals surface area contributed by atoms with Crippen LogP contribution in [0.25, 0.3) is 0 Å². The lowest BCUT2D eigenvalue weighted by molar-refractivity contribution is -0.121. The molecule has 0 radical (unpaired) electrons. The molecule has 5 nitrogen and oxygen atoms in total. The van der Waals surface area contributed by atoms with Crippen molar-refractivity contribution >= 4 is 11.6 Å². The molecule has 0 bridgehead atoms. The van der Waals surface area contributed by atoms with Crippen molar-refractivity contribution in [2.24, 2.45) is 5.92 Å². The summed E-state index contributed by atoms with van der Waals surface area (Å²) in [6.45, 7) is 1.24. The number of rotatable bonds is 5. The molecule has 1 amide bonds. The van der Waals surface area contributed by atoms with Gasteiger partial charge in [0.05, 0.1) is 11.9 Å². The summed E-state index contributed by atoms with van der Waals surface area (Å²) in [7, 11) is 1.63. The van der Waals surface area contributed by atoms with Crippen LogP contribution in [0.4, 0.5) is 5.69 Å². The van der Waals surface area contributed by atoms with Gasteiger partial charge < -0.3 is 10.6 Å². The van der Waals surface area contributed by atoms with Gasteiger partial charge in [-0.05, 0) is 25.2 Å². The minimum Gasteiger partial charge on any atom is -0.382 e. The van der Waals surface area contributed by atoms with E-state index in [0.29, 0.717) is 5.92 Å². The summed E-state index contributed by atoms with van der Waals surface area (Å²) >= 11 is 0. The second-order valence-electron chi connectivity index (χ2n) is 4.63. The molecule has 1 aliphatic rings. The van der Waals surface area contributed by atoms with E-state index in [-0.39, 0.29) is 12.5 Å². The topological polar surface area (TPSA) is 59.0 Å². The number of nitrogens with zero attached hydrogens (tertiary/aromatic N) is 2. The van der Waals surface area contributed by atoms with E-state index >= 15 is 0 Å². The standard InChI is InChI=1S/C13H20N4O/c1-14-13(18)10-17-9-12(8-16-17)15-7-11-5-3-2-4-6-11/h2-3,8-9,11,15H,4-7,10H2,1H3,(H,14,18). The van der Waals surface area contributed by atoms with Crippen LogP contribution in [0.3, 0.4) is 0 Å². The molecule has 1 aromatic heterocycles. The molecule has 1 aromatic rings. The summed E-state index contributed by atoms with van der Waals surface area (Å²) in [6.07, 6.45) is 11.7. The van der Waals surface area contributed by atoms with Gasteiger partial charge in [-0.1, -0.05) is 12.2 Å². The predicted octanol–water partition coefficient (Wildman–Crippen LogP) is 1.40. The minimum atomic E-state index is -0.0398. The Bertz CT molecular complexity index is 424. The van der Waals surface area contributed by atoms with Crippen molar-refractivity contribution in [2.45, 2.75) is 25.8 Å². The Hall–Kier alpha value is -1.78. The highest BCUT2D eigenvalue weighted by molar-refractivity contribution is 5.75. The van der Waals surface area contributed by atoms with Crippen LogP contribution in [0.15, 0.2) is 24.5 Å². The lowest BCUT2D eigenvalue weighted by Crippen LogP contribution is -2.23. The fourth-order valence-corrected chi connectivity index (χ4v) is 2.07. The summed E-state index contributed by atoms with van der Waals surface area (Å²) in [6, 6.07) is 0. The maximum atomic E-state index is 11.2. The lowest BCUT2D eigenvalue weighted by Gasteiger charge is -2.17. The van der Waals surface area contributed by atoms with Gasteiger partial charge in [-0.3, -0.25) is 9.48 Å². The van der Waals surface area contributed by atoms with Gasteiger partial charge >= 0.3 is 0 Å². The van der Waals surface area contributed by atoms with E-state index in [9.17, 15) is 4.79 Å². The van der Waals surface area contributed by atoms with Gasteiger partial charge in [0, 0.05) is 19.8 Å². The first-order valence-electron chi connectivity index (χ1n) is 6.40. The summed E-state index contributed by atoms with van der Waals surface area (Å²) in [4.78, 5) is 11.2. The van der Waals surface area contributed by atoms with Gasteiger partial charge in [0.2, 0.25) is 5.91 Å². The van der Waals surface area contributed by atoms with Crippen LogP contribution >= 0.6 is 0 Å². The van der Waals surface area contributed by atoms with Crippen LogP contribution in [0.5, 0.6) is 0 Å². The first-order valence-corrected chi connectivity index (χ1v) is 6.40. The smallest absolute Gasteiger partial charge is 0.241 e. The second-order valence-corrected chi connectivity index (χ2v) is 4.63. The number of hydrogen-bond donors (Lipinski definition) is 2. The quantitative estimate of drug-likeness (QED) is 0.774. The van der Waals surface area contributed by atoms with E-state index in [1.165, 1.54) is 12.8 Å². The molecule has 18 heavy (non-hydrogen) atoms. The number of amides is 1. The predicted molar refractivity (Wildman–Crippen MR) is 71.3 cm³/mol. The fourth-order valence-electron chi connectivity index (χ4n) is 2.07. The monoisotopic (exact) mass is 248 g/mol. The molecule has 0 spiro atoms. The van der Waals surface area contributed by atoms with Gasteiger partial charge in [-0.2, -0.15) is 5.10 Å². The SMILES string of the molecule is CNC(=O)Cn1cc(NCC2CC=CCC2)cn1. The van der Waals surface area contributed by atoms with Gasteiger partial charge in [-0.15, -0.1) is 0 Å². The van der Waals surface area contributed by atoms with Crippen molar-refractivity contribution < 1.29 is 4.79 Å². The number of carbonyl (C=O) groups excluding carboxylic acids is 1. The highest BCUT2D eigenvalue weighted by Gasteiger charge is 2.10. The van der Waals surface area contributed by atoms with E-state index in [4.69, 9.17) is 0 Å². The van der Waals surface area contributed by atoms with Crippen molar-refractivity contribution in [1.82, 2.24) is 15.1 Å². The molecule has 0 saturated carbocycles. The third kappa shape index (κ3) is 3.61. The van der Waals surface area contributed by atoms with Crippen LogP contribution in [0.2, 0.25) is 0 Å². The molecular weight excluding hydrogens is 228 g/mol. The molecule has 2 N–H and O–H groups in total. The number of nitrogens with one attached hydrogen (secondary N) is 2. The van der Waals surface area contributed by atoms with E-state index in [0.717, 1.165) is 18.7 Å². The third-order valence-corrected chi connectivity index (χ3v) is 3.19. The second kappa shape index (κ2) is 6.23. The highest BCUT2D eigenvalue weighted by atomic mass is 16.1. The summed E-state index contributed by atoms with van der Waals surface area (Å²) in [5.41, 5.74) is 0.980. The molecule has 0 aromatic carbocycles. The molecule has 1 aliphatic carbocycles. The molecule has 0 saturated heterocycles. The molecule has 2 rings (SSSR count). The van der Waals surface area contributed by atoms with Crippen molar-refractivity contribution in [1.29, 1.82) is 0 Å². The first kappa shape index (κ1) is 12.7. The molecule has 1 atom stereocenters. The van der Waals surface area contributed by atoms with E-state index < -0.39 is 0 Å². The zero-order valence-electron chi connectivity index (χ0n) is 10.7. The molecule has 0 fully saturated rings. The molecule has 1 unspecified atom stereocenters. The summed E-state index contributed by atoms with van der Waals surface area (Å²) in [5, 5.41) is 10.1. The van der Waals surface area contributed by atoms with Crippen molar-refractivity contribution in [2.75, 3.05) is 18.9 Å². The summed E-state index contributed by atoms with van der Waals surface area (Å²) < 4.78 is 1.64. The fraction of sp³-hybridized carbons (Fsp3) is 0.538. The van der Waals surface area contributed by atoms with E-state index in [2.05, 4.69) is 27.9 Å². The molecule has 0 aliphatic heterocycles. The third-order valence-electron chi connectivity index (χ3n) is 3.19. The van der Waals surface area contributed by atoms with Gasteiger partial charge in [0.25, 0.3) is 0 Å². The van der Waals surface area contributed by atoms with Crippen LogP contribution in [0.1, 0.15) is 19.3 Å². The molecule has 1 heterocycles. The Kier molecular flexibility index (Phi) is 4.39. The van der Waals surface area contributed by atoms with E-state index in [1.807, 2.05) is 6.20 Å². The van der Waals surface area contributed by atoms with Crippen LogP contribution in [-0.4, -0.2) is 29.3 Å². The van der Waals surface area contributed by atoms with Crippen LogP contribution in [0, 0.1) is 5.92 Å². The average molecular weight is 248 g/mol. The Morgan fingerprint density at radius 1 is 1.56 bits per heavy atom. The van der Waals surface area contributed by atoms with Gasteiger partial charge in [-0.25, -0.2) is 0 Å². The number of allylic oxidation sites excluding steroid dienone is 2. The maximum absolute atomic E-state index is 11.2. The van der Waals surface area contributed by atoms with Crippen molar-refractivity contribution in [3.8, 4) is 0 Å². The van der Waals surface area contributed by atoms with Crippen molar-refractivity contribution in [3.63, 3.8) is 0 Å². The zero-order chi connectivity index (χ0) is 12.8. The number of likely N-dealkylation sites (N-methyl/N-ethyl adjacent to an activating group) is 1. The molecular formula is C13H20N4O.